The van der Waals surface area contributed by atoms with Crippen LogP contribution in [0.3, 0.4) is 0 Å². The number of nitrogens with zero attached hydrogens (tertiary/aromatic N) is 4. The van der Waals surface area contributed by atoms with Crippen LogP contribution in [0.2, 0.25) is 0 Å². The predicted molar refractivity (Wildman–Crippen MR) is 161 cm³/mol. The van der Waals surface area contributed by atoms with Gasteiger partial charge in [-0.2, -0.15) is 5.10 Å². The SMILES string of the molecule is COc1ccc(CCCc2nnc(SCC(=O)NN=Cc3cc(OC)c(OCc4ccccc4)cc3[N+](=O)[O-])o2)c(C)c1. The number of aryl methyl sites for hydroxylation is 3. The average Bonchev–Trinajstić information content (AvgIpc) is 3.47. The normalized spacial score (nSPS) is 11.0. The first-order valence-corrected chi connectivity index (χ1v) is 14.3. The van der Waals surface area contributed by atoms with Gasteiger partial charge in [-0.3, -0.25) is 14.9 Å². The van der Waals surface area contributed by atoms with Gasteiger partial charge in [0.05, 0.1) is 42.7 Å². The Morgan fingerprint density at radius 1 is 1.07 bits per heavy atom. The Bertz CT molecular complexity index is 1580. The summed E-state index contributed by atoms with van der Waals surface area (Å²) in [5.41, 5.74) is 5.52. The third kappa shape index (κ3) is 9.04. The molecule has 1 aromatic heterocycles. The molecule has 4 aromatic rings. The van der Waals surface area contributed by atoms with E-state index in [0.717, 1.165) is 41.5 Å². The second kappa shape index (κ2) is 15.4. The molecule has 1 amide bonds. The smallest absolute Gasteiger partial charge is 0.282 e. The average molecular weight is 606 g/mol. The molecule has 0 aliphatic rings. The van der Waals surface area contributed by atoms with Crippen molar-refractivity contribution in [3.05, 3.63) is 98.9 Å². The molecule has 0 saturated carbocycles. The number of aromatic nitrogens is 2. The van der Waals surface area contributed by atoms with E-state index in [0.29, 0.717) is 12.3 Å². The fraction of sp³-hybridized carbons (Fsp3) is 0.267. The van der Waals surface area contributed by atoms with Crippen LogP contribution in [0.4, 0.5) is 5.69 Å². The van der Waals surface area contributed by atoms with E-state index in [2.05, 4.69) is 26.8 Å². The number of nitro groups is 1. The van der Waals surface area contributed by atoms with Gasteiger partial charge < -0.3 is 18.6 Å². The largest absolute Gasteiger partial charge is 0.497 e. The van der Waals surface area contributed by atoms with E-state index in [1.165, 1.54) is 31.0 Å². The number of hydrogen-bond donors (Lipinski definition) is 1. The highest BCUT2D eigenvalue weighted by Gasteiger charge is 2.19. The van der Waals surface area contributed by atoms with Gasteiger partial charge in [0, 0.05) is 6.42 Å². The number of amides is 1. The number of thioether (sulfide) groups is 1. The number of carbonyl (C=O) groups excluding carboxylic acids is 1. The Balaban J connectivity index is 1.27. The summed E-state index contributed by atoms with van der Waals surface area (Å²) in [6, 6.07) is 18.1. The lowest BCUT2D eigenvalue weighted by Crippen LogP contribution is -2.19. The summed E-state index contributed by atoms with van der Waals surface area (Å²) in [4.78, 5) is 23.5. The second-order valence-corrected chi connectivity index (χ2v) is 10.2. The van der Waals surface area contributed by atoms with E-state index in [1.807, 2.05) is 49.4 Å². The molecule has 3 aromatic carbocycles. The minimum Gasteiger partial charge on any atom is -0.497 e. The predicted octanol–water partition coefficient (Wildman–Crippen LogP) is 5.30. The van der Waals surface area contributed by atoms with Crippen LogP contribution in [0.15, 0.2) is 75.4 Å². The van der Waals surface area contributed by atoms with E-state index in [4.69, 9.17) is 18.6 Å². The fourth-order valence-electron chi connectivity index (χ4n) is 4.07. The first kappa shape index (κ1) is 31.0. The highest BCUT2D eigenvalue weighted by molar-refractivity contribution is 7.99. The van der Waals surface area contributed by atoms with Crippen molar-refractivity contribution in [1.82, 2.24) is 15.6 Å². The zero-order valence-corrected chi connectivity index (χ0v) is 24.8. The maximum absolute atomic E-state index is 12.3. The number of methoxy groups -OCH3 is 2. The lowest BCUT2D eigenvalue weighted by molar-refractivity contribution is -0.385. The topological polar surface area (TPSA) is 151 Å². The Morgan fingerprint density at radius 3 is 2.60 bits per heavy atom. The highest BCUT2D eigenvalue weighted by atomic mass is 32.2. The molecule has 0 unspecified atom stereocenters. The van der Waals surface area contributed by atoms with Crippen LogP contribution in [0, 0.1) is 17.0 Å². The van der Waals surface area contributed by atoms with Crippen molar-refractivity contribution >= 4 is 29.6 Å². The van der Waals surface area contributed by atoms with Gasteiger partial charge in [0.15, 0.2) is 11.5 Å². The van der Waals surface area contributed by atoms with Crippen LogP contribution in [0.1, 0.15) is 34.6 Å². The Morgan fingerprint density at radius 2 is 1.88 bits per heavy atom. The summed E-state index contributed by atoms with van der Waals surface area (Å²) in [6.07, 6.45) is 3.47. The van der Waals surface area contributed by atoms with Gasteiger partial charge in [-0.1, -0.05) is 48.2 Å². The molecule has 0 spiro atoms. The summed E-state index contributed by atoms with van der Waals surface area (Å²) < 4.78 is 22.0. The van der Waals surface area contributed by atoms with E-state index in [1.54, 1.807) is 7.11 Å². The van der Waals surface area contributed by atoms with Crippen molar-refractivity contribution in [2.75, 3.05) is 20.0 Å². The second-order valence-electron chi connectivity index (χ2n) is 9.28. The fourth-order valence-corrected chi connectivity index (χ4v) is 4.64. The Hall–Kier alpha value is -4.91. The quantitative estimate of drug-likeness (QED) is 0.0818. The van der Waals surface area contributed by atoms with Crippen molar-refractivity contribution in [1.29, 1.82) is 0 Å². The number of nitro benzene ring substituents is 1. The molecule has 12 nitrogen and oxygen atoms in total. The first-order chi connectivity index (χ1) is 20.9. The molecular weight excluding hydrogens is 574 g/mol. The van der Waals surface area contributed by atoms with Crippen LogP contribution in [0.25, 0.3) is 0 Å². The maximum Gasteiger partial charge on any atom is 0.282 e. The molecule has 0 bridgehead atoms. The van der Waals surface area contributed by atoms with Gasteiger partial charge in [0.1, 0.15) is 12.4 Å². The highest BCUT2D eigenvalue weighted by Crippen LogP contribution is 2.34. The Labute approximate surface area is 252 Å². The van der Waals surface area contributed by atoms with Gasteiger partial charge in [-0.25, -0.2) is 5.43 Å². The molecule has 13 heteroatoms. The molecule has 0 fully saturated rings. The molecule has 4 rings (SSSR count). The zero-order valence-electron chi connectivity index (χ0n) is 23.9. The minimum atomic E-state index is -0.556. The van der Waals surface area contributed by atoms with Gasteiger partial charge in [0.2, 0.25) is 5.89 Å². The summed E-state index contributed by atoms with van der Waals surface area (Å²) in [7, 11) is 3.08. The van der Waals surface area contributed by atoms with Gasteiger partial charge >= 0.3 is 0 Å². The number of ether oxygens (including phenoxy) is 3. The van der Waals surface area contributed by atoms with E-state index in [9.17, 15) is 14.9 Å². The Kier molecular flexibility index (Phi) is 11.1. The molecule has 1 N–H and O–H groups in total. The van der Waals surface area contributed by atoms with Gasteiger partial charge in [-0.15, -0.1) is 10.2 Å². The monoisotopic (exact) mass is 605 g/mol. The third-order valence-electron chi connectivity index (χ3n) is 6.30. The molecule has 0 aliphatic heterocycles. The van der Waals surface area contributed by atoms with E-state index >= 15 is 0 Å². The lowest BCUT2D eigenvalue weighted by atomic mass is 10.0. The third-order valence-corrected chi connectivity index (χ3v) is 7.12. The van der Waals surface area contributed by atoms with E-state index in [-0.39, 0.29) is 40.3 Å². The minimum absolute atomic E-state index is 0.0400. The van der Waals surface area contributed by atoms with Crippen LogP contribution < -0.4 is 19.6 Å². The van der Waals surface area contributed by atoms with Crippen LogP contribution in [0.5, 0.6) is 17.2 Å². The first-order valence-electron chi connectivity index (χ1n) is 13.3. The van der Waals surface area contributed by atoms with Crippen molar-refractivity contribution in [3.8, 4) is 17.2 Å². The summed E-state index contributed by atoms with van der Waals surface area (Å²) in [5, 5.41) is 23.9. The molecule has 224 valence electrons. The summed E-state index contributed by atoms with van der Waals surface area (Å²) >= 11 is 1.07. The standard InChI is InChI=1S/C30H31N5O7S/c1-20-14-24(39-2)13-12-22(20)10-7-11-29-33-34-30(42-29)43-19-28(36)32-31-17-23-15-26(40-3)27(16-25(23)35(37)38)41-18-21-8-5-4-6-9-21/h4-6,8-9,12-17H,7,10-11,18-19H2,1-3H3,(H,32,36). The van der Waals surface area contributed by atoms with Crippen molar-refractivity contribution in [2.45, 2.75) is 38.0 Å². The molecule has 1 heterocycles. The number of benzene rings is 3. The van der Waals surface area contributed by atoms with Gasteiger partial charge in [0.25, 0.3) is 16.8 Å². The molecule has 0 radical (unpaired) electrons. The maximum atomic E-state index is 12.3. The van der Waals surface area contributed by atoms with Crippen LogP contribution in [-0.4, -0.2) is 47.2 Å². The number of carbonyl (C=O) groups is 1. The van der Waals surface area contributed by atoms with Crippen molar-refractivity contribution in [2.24, 2.45) is 5.10 Å². The summed E-state index contributed by atoms with van der Waals surface area (Å²) in [6.45, 7) is 2.26. The lowest BCUT2D eigenvalue weighted by Gasteiger charge is -2.12. The molecule has 0 atom stereocenters. The van der Waals surface area contributed by atoms with E-state index < -0.39 is 10.8 Å². The molecular formula is C30H31N5O7S. The number of hydrogen-bond acceptors (Lipinski definition) is 11. The van der Waals surface area contributed by atoms with Gasteiger partial charge in [-0.05, 0) is 54.7 Å². The zero-order chi connectivity index (χ0) is 30.6. The van der Waals surface area contributed by atoms with Crippen molar-refractivity contribution < 1.29 is 28.3 Å². The number of hydrazone groups is 1. The van der Waals surface area contributed by atoms with Crippen LogP contribution >= 0.6 is 11.8 Å². The molecule has 0 aliphatic carbocycles. The number of nitrogens with one attached hydrogen (secondary N) is 1. The summed E-state index contributed by atoms with van der Waals surface area (Å²) in [5.74, 6) is 1.33. The number of rotatable bonds is 15. The van der Waals surface area contributed by atoms with Crippen LogP contribution in [-0.2, 0) is 24.2 Å². The molecule has 43 heavy (non-hydrogen) atoms. The molecule has 0 saturated heterocycles. The van der Waals surface area contributed by atoms with Crippen molar-refractivity contribution in [3.63, 3.8) is 0 Å².